The summed E-state index contributed by atoms with van der Waals surface area (Å²) in [6, 6.07) is 0. The predicted octanol–water partition coefficient (Wildman–Crippen LogP) is 8.06. The second-order valence-corrected chi connectivity index (χ2v) is 13.2. The van der Waals surface area contributed by atoms with Gasteiger partial charge in [-0.2, -0.15) is 0 Å². The van der Waals surface area contributed by atoms with Crippen molar-refractivity contribution in [1.82, 2.24) is 0 Å². The van der Waals surface area contributed by atoms with Gasteiger partial charge in [0.1, 0.15) is 6.10 Å². The Labute approximate surface area is 198 Å². The van der Waals surface area contributed by atoms with Gasteiger partial charge in [-0.25, -0.2) is 0 Å². The summed E-state index contributed by atoms with van der Waals surface area (Å²) in [5.41, 5.74) is 1.00. The van der Waals surface area contributed by atoms with E-state index in [0.717, 1.165) is 48.3 Å². The zero-order chi connectivity index (χ0) is 23.3. The highest BCUT2D eigenvalue weighted by Crippen LogP contribution is 2.68. The molecule has 0 heterocycles. The Morgan fingerprint density at radius 1 is 0.875 bits per heavy atom. The molecule has 0 saturated heterocycles. The van der Waals surface area contributed by atoms with Crippen LogP contribution in [0.2, 0.25) is 0 Å². The third kappa shape index (κ3) is 4.22. The summed E-state index contributed by atoms with van der Waals surface area (Å²) in [6.45, 7) is 16.4. The predicted molar refractivity (Wildman–Crippen MR) is 133 cm³/mol. The molecule has 0 spiro atoms. The van der Waals surface area contributed by atoms with Crippen molar-refractivity contribution in [1.29, 1.82) is 0 Å². The fourth-order valence-corrected chi connectivity index (χ4v) is 9.17. The van der Waals surface area contributed by atoms with Crippen molar-refractivity contribution in [2.45, 2.75) is 112 Å². The first-order valence-electron chi connectivity index (χ1n) is 13.9. The topological polar surface area (TPSA) is 26.3 Å². The molecule has 0 amide bonds. The quantitative estimate of drug-likeness (QED) is 0.318. The normalized spacial score (nSPS) is 45.8. The van der Waals surface area contributed by atoms with Crippen molar-refractivity contribution in [3.8, 4) is 0 Å². The van der Waals surface area contributed by atoms with Gasteiger partial charge in [0.15, 0.2) is 0 Å². The van der Waals surface area contributed by atoms with Crippen molar-refractivity contribution in [3.05, 3.63) is 12.2 Å². The first-order chi connectivity index (χ1) is 15.1. The molecular weight excluding hydrogens is 392 g/mol. The lowest BCUT2D eigenvalue weighted by Crippen LogP contribution is -2.54. The number of carbonyl (C=O) groups is 1. The van der Waals surface area contributed by atoms with E-state index >= 15 is 0 Å². The number of hydrogen-bond donors (Lipinski definition) is 0. The van der Waals surface area contributed by atoms with Gasteiger partial charge in [0.2, 0.25) is 0 Å². The first kappa shape index (κ1) is 24.3. The lowest BCUT2D eigenvalue weighted by molar-refractivity contribution is -0.160. The van der Waals surface area contributed by atoms with Crippen LogP contribution in [0.25, 0.3) is 0 Å². The van der Waals surface area contributed by atoms with Crippen LogP contribution in [0.3, 0.4) is 0 Å². The van der Waals surface area contributed by atoms with E-state index in [-0.39, 0.29) is 12.1 Å². The molecule has 0 radical (unpaired) electrons. The fourth-order valence-electron chi connectivity index (χ4n) is 9.17. The van der Waals surface area contributed by atoms with Gasteiger partial charge in [0.05, 0.1) is 0 Å². The first-order valence-corrected chi connectivity index (χ1v) is 13.9. The van der Waals surface area contributed by atoms with Crippen LogP contribution in [0.4, 0.5) is 0 Å². The summed E-state index contributed by atoms with van der Waals surface area (Å²) in [5, 5.41) is 0. The molecule has 4 aliphatic carbocycles. The van der Waals surface area contributed by atoms with Crippen LogP contribution in [-0.4, -0.2) is 12.1 Å². The minimum absolute atomic E-state index is 0.0938. The number of rotatable bonds is 5. The van der Waals surface area contributed by atoms with E-state index < -0.39 is 0 Å². The average Bonchev–Trinajstić information content (AvgIpc) is 3.08. The molecular formula is C30H50O2. The number of fused-ring (bicyclic) bond motifs is 5. The second-order valence-electron chi connectivity index (χ2n) is 13.2. The fraction of sp³-hybridized carbons (Fsp3) is 0.900. The van der Waals surface area contributed by atoms with Gasteiger partial charge in [-0.15, -0.1) is 0 Å². The third-order valence-electron chi connectivity index (χ3n) is 11.4. The Kier molecular flexibility index (Phi) is 6.92. The number of esters is 1. The molecule has 10 atom stereocenters. The molecule has 0 aromatic carbocycles. The zero-order valence-corrected chi connectivity index (χ0v) is 22.0. The highest BCUT2D eigenvalue weighted by molar-refractivity contribution is 5.66. The second kappa shape index (κ2) is 9.10. The van der Waals surface area contributed by atoms with Crippen molar-refractivity contribution in [3.63, 3.8) is 0 Å². The van der Waals surface area contributed by atoms with E-state index in [2.05, 4.69) is 53.7 Å². The van der Waals surface area contributed by atoms with Crippen molar-refractivity contribution in [2.24, 2.45) is 58.2 Å². The van der Waals surface area contributed by atoms with Crippen LogP contribution in [0, 0.1) is 58.2 Å². The highest BCUT2D eigenvalue weighted by Gasteiger charge is 2.60. The molecule has 0 aliphatic heterocycles. The molecule has 2 nitrogen and oxygen atoms in total. The van der Waals surface area contributed by atoms with Crippen LogP contribution in [-0.2, 0) is 9.53 Å². The minimum Gasteiger partial charge on any atom is -0.463 e. The number of allylic oxidation sites excluding steroid dienone is 2. The van der Waals surface area contributed by atoms with Crippen LogP contribution < -0.4 is 0 Å². The molecule has 32 heavy (non-hydrogen) atoms. The SMILES string of the molecule is CC(=O)O[C@@H]1CC[C@@]2(C)[C@H](CC[C@@H]3[C@@H]2CC[C@]2(C)[C@@H]([C@H](C)/C=C/[C@@H](C)C(C)C)CC[C@@H]32)C1. The Morgan fingerprint density at radius 2 is 1.56 bits per heavy atom. The molecule has 0 bridgehead atoms. The molecule has 0 unspecified atom stereocenters. The van der Waals surface area contributed by atoms with Crippen LogP contribution >= 0.6 is 0 Å². The van der Waals surface area contributed by atoms with E-state index in [1.165, 1.54) is 44.9 Å². The molecule has 182 valence electrons. The van der Waals surface area contributed by atoms with Crippen molar-refractivity contribution >= 4 is 5.97 Å². The lowest BCUT2D eigenvalue weighted by atomic mass is 9.44. The third-order valence-corrected chi connectivity index (χ3v) is 11.4. The molecule has 4 fully saturated rings. The van der Waals surface area contributed by atoms with Gasteiger partial charge in [-0.05, 0) is 116 Å². The van der Waals surface area contributed by atoms with E-state index in [1.807, 2.05) is 0 Å². The van der Waals surface area contributed by atoms with Crippen molar-refractivity contribution in [2.75, 3.05) is 0 Å². The monoisotopic (exact) mass is 442 g/mol. The number of ether oxygens (including phenoxy) is 1. The molecule has 0 aromatic rings. The summed E-state index contributed by atoms with van der Waals surface area (Å²) in [5.74, 6) is 6.37. The maximum atomic E-state index is 11.5. The lowest BCUT2D eigenvalue weighted by Gasteiger charge is -2.61. The summed E-state index contributed by atoms with van der Waals surface area (Å²) in [6.07, 6.45) is 17.2. The minimum atomic E-state index is -0.0938. The van der Waals surface area contributed by atoms with Crippen molar-refractivity contribution < 1.29 is 9.53 Å². The smallest absolute Gasteiger partial charge is 0.302 e. The molecule has 0 N–H and O–H groups in total. The van der Waals surface area contributed by atoms with Crippen LogP contribution in [0.5, 0.6) is 0 Å². The Balaban J connectivity index is 1.46. The zero-order valence-electron chi connectivity index (χ0n) is 22.0. The van der Waals surface area contributed by atoms with Gasteiger partial charge >= 0.3 is 5.97 Å². The van der Waals surface area contributed by atoms with Crippen LogP contribution in [0.15, 0.2) is 12.2 Å². The van der Waals surface area contributed by atoms with Gasteiger partial charge in [0.25, 0.3) is 0 Å². The Bertz CT molecular complexity index is 710. The number of hydrogen-bond acceptors (Lipinski definition) is 2. The molecule has 4 aliphatic rings. The van der Waals surface area contributed by atoms with E-state index in [1.54, 1.807) is 6.92 Å². The maximum Gasteiger partial charge on any atom is 0.302 e. The van der Waals surface area contributed by atoms with E-state index in [0.29, 0.717) is 22.7 Å². The van der Waals surface area contributed by atoms with Gasteiger partial charge < -0.3 is 4.74 Å². The van der Waals surface area contributed by atoms with Gasteiger partial charge in [0, 0.05) is 6.92 Å². The Morgan fingerprint density at radius 3 is 2.25 bits per heavy atom. The highest BCUT2D eigenvalue weighted by atomic mass is 16.5. The van der Waals surface area contributed by atoms with Gasteiger partial charge in [-0.3, -0.25) is 4.79 Å². The molecule has 4 rings (SSSR count). The maximum absolute atomic E-state index is 11.5. The van der Waals surface area contributed by atoms with E-state index in [9.17, 15) is 4.79 Å². The summed E-state index contributed by atoms with van der Waals surface area (Å²) in [4.78, 5) is 11.5. The summed E-state index contributed by atoms with van der Waals surface area (Å²) < 4.78 is 5.66. The summed E-state index contributed by atoms with van der Waals surface area (Å²) >= 11 is 0. The largest absolute Gasteiger partial charge is 0.463 e. The summed E-state index contributed by atoms with van der Waals surface area (Å²) in [7, 11) is 0. The van der Waals surface area contributed by atoms with E-state index in [4.69, 9.17) is 4.74 Å². The number of carbonyl (C=O) groups excluding carboxylic acids is 1. The Hall–Kier alpha value is -0.790. The average molecular weight is 443 g/mol. The van der Waals surface area contributed by atoms with Gasteiger partial charge in [-0.1, -0.05) is 53.7 Å². The van der Waals surface area contributed by atoms with Crippen LogP contribution in [0.1, 0.15) is 106 Å². The molecule has 4 saturated carbocycles. The standard InChI is InChI=1S/C30H50O2/c1-19(2)20(3)8-9-21(4)26-12-13-27-25-11-10-23-18-24(32-22(5)31)14-16-29(23,6)28(25)15-17-30(26,27)7/h8-9,19-21,23-28H,10-18H2,1-7H3/b9-8+/t20-,21-,23-,24-,25+,26-,27+,28+,29+,30-/m1/s1. The molecule has 2 heteroatoms. The molecule has 0 aromatic heterocycles.